The number of hydrogen-bond donors (Lipinski definition) is 2. The fraction of sp³-hybridized carbons (Fsp3) is 0.500. The molecule has 0 bridgehead atoms. The molecule has 1 saturated heterocycles. The molecule has 0 saturated carbocycles. The first-order valence-corrected chi connectivity index (χ1v) is 8.71. The highest BCUT2D eigenvalue weighted by Gasteiger charge is 2.24. The number of hydrogen-bond acceptors (Lipinski definition) is 5. The van der Waals surface area contributed by atoms with Crippen LogP contribution in [0.3, 0.4) is 0 Å². The number of carbonyl (C=O) groups is 2. The molecule has 2 amide bonds. The van der Waals surface area contributed by atoms with Crippen molar-refractivity contribution in [3.8, 4) is 0 Å². The normalized spacial score (nSPS) is 19.7. The van der Waals surface area contributed by atoms with Gasteiger partial charge in [0.2, 0.25) is 5.91 Å². The second-order valence-electron chi connectivity index (χ2n) is 6.30. The van der Waals surface area contributed by atoms with Gasteiger partial charge in [-0.25, -0.2) is 5.43 Å². The zero-order valence-corrected chi connectivity index (χ0v) is 14.2. The van der Waals surface area contributed by atoms with Crippen LogP contribution in [0.5, 0.6) is 0 Å². The van der Waals surface area contributed by atoms with Gasteiger partial charge in [-0.3, -0.25) is 14.5 Å². The fourth-order valence-electron chi connectivity index (χ4n) is 3.11. The summed E-state index contributed by atoms with van der Waals surface area (Å²) in [5.41, 5.74) is 4.00. The molecule has 1 aromatic rings. The Bertz CT molecular complexity index is 626. The lowest BCUT2D eigenvalue weighted by molar-refractivity contribution is -0.121. The van der Waals surface area contributed by atoms with Crippen molar-refractivity contribution in [2.75, 3.05) is 32.8 Å². The van der Waals surface area contributed by atoms with Crippen LogP contribution in [0.4, 0.5) is 0 Å². The van der Waals surface area contributed by atoms with E-state index in [1.807, 2.05) is 18.2 Å². The third kappa shape index (κ3) is 5.11. The molecule has 2 aliphatic rings. The smallest absolute Gasteiger partial charge is 0.267 e. The standard InChI is InChI=1S/C18H24N4O3/c23-17-7-6-16(20-21-17)18(24)19-13-15(22-8-10-25-11-9-22)12-14-4-2-1-3-5-14/h1-5,15H,6-13H2,(H,19,24)(H,21,23). The SMILES string of the molecule is O=C1CCC(C(=O)NCC(Cc2ccccc2)N2CCOCC2)=NN1. The van der Waals surface area contributed by atoms with Crippen LogP contribution in [0.2, 0.25) is 0 Å². The van der Waals surface area contributed by atoms with E-state index in [0.29, 0.717) is 25.1 Å². The third-order valence-corrected chi connectivity index (χ3v) is 4.54. The first-order chi connectivity index (χ1) is 12.2. The second-order valence-corrected chi connectivity index (χ2v) is 6.30. The molecule has 0 aromatic heterocycles. The maximum absolute atomic E-state index is 12.3. The Morgan fingerprint density at radius 3 is 2.68 bits per heavy atom. The molecule has 1 aromatic carbocycles. The maximum Gasteiger partial charge on any atom is 0.267 e. The van der Waals surface area contributed by atoms with Gasteiger partial charge in [-0.2, -0.15) is 5.10 Å². The third-order valence-electron chi connectivity index (χ3n) is 4.54. The minimum atomic E-state index is -0.202. The summed E-state index contributed by atoms with van der Waals surface area (Å²) in [5, 5.41) is 6.84. The van der Waals surface area contributed by atoms with Gasteiger partial charge in [0, 0.05) is 38.5 Å². The van der Waals surface area contributed by atoms with Gasteiger partial charge in [0.15, 0.2) is 0 Å². The highest BCUT2D eigenvalue weighted by molar-refractivity contribution is 6.39. The molecule has 25 heavy (non-hydrogen) atoms. The summed E-state index contributed by atoms with van der Waals surface area (Å²) in [4.78, 5) is 25.8. The minimum Gasteiger partial charge on any atom is -0.379 e. The molecule has 1 fully saturated rings. The molecular weight excluding hydrogens is 320 g/mol. The number of ether oxygens (including phenoxy) is 1. The topological polar surface area (TPSA) is 83.0 Å². The Kier molecular flexibility index (Phi) is 6.14. The van der Waals surface area contributed by atoms with Gasteiger partial charge in [0.05, 0.1) is 13.2 Å². The van der Waals surface area contributed by atoms with E-state index in [1.165, 1.54) is 5.56 Å². The lowest BCUT2D eigenvalue weighted by Gasteiger charge is -2.34. The Morgan fingerprint density at radius 2 is 2.00 bits per heavy atom. The molecule has 2 heterocycles. The van der Waals surface area contributed by atoms with Gasteiger partial charge in [-0.15, -0.1) is 0 Å². The van der Waals surface area contributed by atoms with Crippen LogP contribution in [0.15, 0.2) is 35.4 Å². The molecule has 7 heteroatoms. The van der Waals surface area contributed by atoms with Gasteiger partial charge >= 0.3 is 0 Å². The quantitative estimate of drug-likeness (QED) is 0.778. The highest BCUT2D eigenvalue weighted by atomic mass is 16.5. The van der Waals surface area contributed by atoms with E-state index in [0.717, 1.165) is 32.7 Å². The number of benzene rings is 1. The van der Waals surface area contributed by atoms with Crippen molar-refractivity contribution in [1.82, 2.24) is 15.6 Å². The number of hydrazone groups is 1. The summed E-state index contributed by atoms with van der Waals surface area (Å²) in [5.74, 6) is -0.349. The molecule has 7 nitrogen and oxygen atoms in total. The first kappa shape index (κ1) is 17.6. The number of morpholine rings is 1. The van der Waals surface area contributed by atoms with Crippen molar-refractivity contribution >= 4 is 17.5 Å². The minimum absolute atomic E-state index is 0.146. The second kappa shape index (κ2) is 8.73. The van der Waals surface area contributed by atoms with Crippen LogP contribution >= 0.6 is 0 Å². The lowest BCUT2D eigenvalue weighted by Crippen LogP contribution is -2.50. The van der Waals surface area contributed by atoms with E-state index in [2.05, 4.69) is 32.9 Å². The van der Waals surface area contributed by atoms with Crippen LogP contribution in [0.1, 0.15) is 18.4 Å². The van der Waals surface area contributed by atoms with E-state index in [9.17, 15) is 9.59 Å². The maximum atomic E-state index is 12.3. The molecular formula is C18H24N4O3. The van der Waals surface area contributed by atoms with E-state index in [4.69, 9.17) is 4.74 Å². The van der Waals surface area contributed by atoms with Crippen molar-refractivity contribution in [3.63, 3.8) is 0 Å². The van der Waals surface area contributed by atoms with Crippen molar-refractivity contribution in [2.45, 2.75) is 25.3 Å². The van der Waals surface area contributed by atoms with Crippen LogP contribution in [-0.2, 0) is 20.7 Å². The summed E-state index contributed by atoms with van der Waals surface area (Å²) in [6.45, 7) is 3.71. The summed E-state index contributed by atoms with van der Waals surface area (Å²) in [6.07, 6.45) is 1.56. The van der Waals surface area contributed by atoms with Crippen LogP contribution in [0.25, 0.3) is 0 Å². The van der Waals surface area contributed by atoms with Crippen molar-refractivity contribution in [3.05, 3.63) is 35.9 Å². The number of rotatable bonds is 6. The van der Waals surface area contributed by atoms with Crippen LogP contribution in [0, 0.1) is 0 Å². The summed E-state index contributed by atoms with van der Waals surface area (Å²) in [6, 6.07) is 10.5. The van der Waals surface area contributed by atoms with E-state index in [-0.39, 0.29) is 17.9 Å². The van der Waals surface area contributed by atoms with Gasteiger partial charge < -0.3 is 10.1 Å². The predicted octanol–water partition coefficient (Wildman–Crippen LogP) is 0.312. The van der Waals surface area contributed by atoms with Crippen molar-refractivity contribution in [1.29, 1.82) is 0 Å². The monoisotopic (exact) mass is 344 g/mol. The number of nitrogens with zero attached hydrogens (tertiary/aromatic N) is 2. The fourth-order valence-corrected chi connectivity index (χ4v) is 3.11. The van der Waals surface area contributed by atoms with E-state index in [1.54, 1.807) is 0 Å². The Morgan fingerprint density at radius 1 is 1.24 bits per heavy atom. The molecule has 1 atom stereocenters. The Labute approximate surface area is 147 Å². The van der Waals surface area contributed by atoms with Crippen molar-refractivity contribution in [2.24, 2.45) is 5.10 Å². The average Bonchev–Trinajstić information content (AvgIpc) is 2.67. The molecule has 2 N–H and O–H groups in total. The van der Waals surface area contributed by atoms with Gasteiger partial charge in [-0.1, -0.05) is 30.3 Å². The van der Waals surface area contributed by atoms with Gasteiger partial charge in [-0.05, 0) is 12.0 Å². The Hall–Kier alpha value is -2.25. The van der Waals surface area contributed by atoms with E-state index >= 15 is 0 Å². The number of amides is 2. The molecule has 1 unspecified atom stereocenters. The first-order valence-electron chi connectivity index (χ1n) is 8.71. The highest BCUT2D eigenvalue weighted by Crippen LogP contribution is 2.11. The summed E-state index contributed by atoms with van der Waals surface area (Å²) < 4.78 is 5.44. The summed E-state index contributed by atoms with van der Waals surface area (Å²) >= 11 is 0. The zero-order chi connectivity index (χ0) is 17.5. The molecule has 134 valence electrons. The summed E-state index contributed by atoms with van der Waals surface area (Å²) in [7, 11) is 0. The largest absolute Gasteiger partial charge is 0.379 e. The molecule has 0 spiro atoms. The Balaban J connectivity index is 1.60. The lowest BCUT2D eigenvalue weighted by atomic mass is 10.0. The van der Waals surface area contributed by atoms with Crippen LogP contribution in [-0.4, -0.2) is 61.3 Å². The average molecular weight is 344 g/mol. The van der Waals surface area contributed by atoms with Crippen molar-refractivity contribution < 1.29 is 14.3 Å². The zero-order valence-electron chi connectivity index (χ0n) is 14.2. The molecule has 0 aliphatic carbocycles. The van der Waals surface area contributed by atoms with Gasteiger partial charge in [0.25, 0.3) is 5.91 Å². The number of nitrogens with one attached hydrogen (secondary N) is 2. The van der Waals surface area contributed by atoms with Gasteiger partial charge in [0.1, 0.15) is 5.71 Å². The molecule has 0 radical (unpaired) electrons. The molecule has 2 aliphatic heterocycles. The predicted molar refractivity (Wildman–Crippen MR) is 94.1 cm³/mol. The van der Waals surface area contributed by atoms with Crippen LogP contribution < -0.4 is 10.7 Å². The molecule has 3 rings (SSSR count). The van der Waals surface area contributed by atoms with E-state index < -0.39 is 0 Å². The number of carbonyl (C=O) groups excluding carboxylic acids is 2.